The number of carbonyl (C=O) groups is 1. The summed E-state index contributed by atoms with van der Waals surface area (Å²) in [6.45, 7) is 0. The van der Waals surface area contributed by atoms with Crippen molar-refractivity contribution in [3.05, 3.63) is 60.4 Å². The van der Waals surface area contributed by atoms with E-state index >= 15 is 0 Å². The smallest absolute Gasteiger partial charge is 0.303 e. The number of benzene rings is 1. The molecule has 3 rings (SSSR count). The Morgan fingerprint density at radius 1 is 1.24 bits per heavy atom. The molecule has 1 N–H and O–H groups in total. The van der Waals surface area contributed by atoms with Crippen LogP contribution in [0.25, 0.3) is 28.2 Å². The summed E-state index contributed by atoms with van der Waals surface area (Å²) in [5.41, 5.74) is 4.51. The normalized spacial score (nSPS) is 10.9. The van der Waals surface area contributed by atoms with Crippen LogP contribution in [-0.4, -0.2) is 20.6 Å². The number of allylic oxidation sites excluding steroid dienone is 1. The minimum atomic E-state index is -0.746. The second-order valence-electron chi connectivity index (χ2n) is 5.77. The molecule has 0 amide bonds. The van der Waals surface area contributed by atoms with Crippen LogP contribution in [0.2, 0.25) is 0 Å². The highest BCUT2D eigenvalue weighted by Crippen LogP contribution is 2.33. The summed E-state index contributed by atoms with van der Waals surface area (Å²) >= 11 is 0. The summed E-state index contributed by atoms with van der Waals surface area (Å²) in [5, 5.41) is 9.92. The van der Waals surface area contributed by atoms with E-state index in [1.807, 2.05) is 24.4 Å². The Kier molecular flexibility index (Phi) is 6.37. The van der Waals surface area contributed by atoms with Gasteiger partial charge in [-0.3, -0.25) is 9.78 Å². The van der Waals surface area contributed by atoms with Gasteiger partial charge in [-0.05, 0) is 31.0 Å². The van der Waals surface area contributed by atoms with Crippen LogP contribution in [0.3, 0.4) is 0 Å². The lowest BCUT2D eigenvalue weighted by molar-refractivity contribution is -0.137. The van der Waals surface area contributed by atoms with Gasteiger partial charge >= 0.3 is 5.97 Å². The Bertz CT molecular complexity index is 885. The molecular weight excluding hydrogens is 336 g/mol. The van der Waals surface area contributed by atoms with Crippen molar-refractivity contribution in [2.24, 2.45) is 7.05 Å². The van der Waals surface area contributed by atoms with Crippen molar-refractivity contribution >= 4 is 35.4 Å². The zero-order valence-electron chi connectivity index (χ0n) is 14.1. The van der Waals surface area contributed by atoms with Gasteiger partial charge in [0.2, 0.25) is 0 Å². The summed E-state index contributed by atoms with van der Waals surface area (Å²) in [4.78, 5) is 14.9. The standard InChI is InChI=1S/C20H20N2O2.ClH/c1-22-18-11-6-5-9-16(18)17(10-3-2-4-12-19(23)24)20(22)15-8-7-13-21-14-15;/h3,5-11,13-14H,2,4,12H2,1H3,(H,23,24);1H. The van der Waals surface area contributed by atoms with E-state index in [1.165, 1.54) is 10.9 Å². The molecule has 2 aromatic heterocycles. The predicted molar refractivity (Wildman–Crippen MR) is 104 cm³/mol. The van der Waals surface area contributed by atoms with Crippen LogP contribution in [0.4, 0.5) is 0 Å². The van der Waals surface area contributed by atoms with E-state index in [-0.39, 0.29) is 18.8 Å². The van der Waals surface area contributed by atoms with Gasteiger partial charge < -0.3 is 9.67 Å². The maximum absolute atomic E-state index is 10.6. The number of para-hydroxylation sites is 1. The number of hydrogen-bond donors (Lipinski definition) is 1. The van der Waals surface area contributed by atoms with Gasteiger partial charge in [0.15, 0.2) is 0 Å². The molecular formula is C20H21ClN2O2. The number of carboxylic acid groups (broad SMARTS) is 1. The van der Waals surface area contributed by atoms with Gasteiger partial charge in [-0.15, -0.1) is 12.4 Å². The van der Waals surface area contributed by atoms with Gasteiger partial charge in [-0.25, -0.2) is 0 Å². The molecule has 0 aliphatic carbocycles. The Morgan fingerprint density at radius 2 is 2.04 bits per heavy atom. The molecule has 0 spiro atoms. The quantitative estimate of drug-likeness (QED) is 0.637. The third kappa shape index (κ3) is 4.09. The number of nitrogens with zero attached hydrogens (tertiary/aromatic N) is 2. The fraction of sp³-hybridized carbons (Fsp3) is 0.200. The highest BCUT2D eigenvalue weighted by molar-refractivity contribution is 5.97. The van der Waals surface area contributed by atoms with Crippen molar-refractivity contribution in [2.45, 2.75) is 19.3 Å². The molecule has 25 heavy (non-hydrogen) atoms. The molecule has 3 aromatic rings. The van der Waals surface area contributed by atoms with Crippen molar-refractivity contribution < 1.29 is 9.90 Å². The van der Waals surface area contributed by atoms with E-state index in [0.29, 0.717) is 6.42 Å². The van der Waals surface area contributed by atoms with Crippen molar-refractivity contribution in [1.29, 1.82) is 0 Å². The zero-order valence-corrected chi connectivity index (χ0v) is 14.9. The summed E-state index contributed by atoms with van der Waals surface area (Å²) in [6, 6.07) is 12.3. The van der Waals surface area contributed by atoms with Crippen LogP contribution in [0.5, 0.6) is 0 Å². The van der Waals surface area contributed by atoms with Crippen LogP contribution < -0.4 is 0 Å². The SMILES string of the molecule is Cl.Cn1c(-c2cccnc2)c(C=CCCCC(=O)O)c2ccccc21. The topological polar surface area (TPSA) is 55.1 Å². The number of carboxylic acids is 1. The second kappa shape index (κ2) is 8.49. The van der Waals surface area contributed by atoms with Crippen molar-refractivity contribution in [3.63, 3.8) is 0 Å². The van der Waals surface area contributed by atoms with Crippen molar-refractivity contribution in [1.82, 2.24) is 9.55 Å². The fourth-order valence-corrected chi connectivity index (χ4v) is 3.02. The zero-order chi connectivity index (χ0) is 16.9. The first-order chi connectivity index (χ1) is 11.7. The first kappa shape index (κ1) is 18.7. The molecule has 0 radical (unpaired) electrons. The Labute approximate surface area is 153 Å². The van der Waals surface area contributed by atoms with Gasteiger partial charge in [0.25, 0.3) is 0 Å². The fourth-order valence-electron chi connectivity index (χ4n) is 3.02. The number of aryl methyl sites for hydroxylation is 1. The molecule has 0 aliphatic rings. The second-order valence-corrected chi connectivity index (χ2v) is 5.77. The average molecular weight is 357 g/mol. The highest BCUT2D eigenvalue weighted by Gasteiger charge is 2.14. The van der Waals surface area contributed by atoms with Gasteiger partial charge in [0.1, 0.15) is 0 Å². The molecule has 0 unspecified atom stereocenters. The summed E-state index contributed by atoms with van der Waals surface area (Å²) in [6.07, 6.45) is 9.41. The number of aromatic nitrogens is 2. The number of unbranched alkanes of at least 4 members (excludes halogenated alkanes) is 1. The van der Waals surface area contributed by atoms with E-state index in [4.69, 9.17) is 5.11 Å². The Balaban J connectivity index is 0.00000225. The maximum atomic E-state index is 10.6. The van der Waals surface area contributed by atoms with E-state index < -0.39 is 5.97 Å². The van der Waals surface area contributed by atoms with Crippen molar-refractivity contribution in [3.8, 4) is 11.3 Å². The molecule has 130 valence electrons. The third-order valence-corrected chi connectivity index (χ3v) is 4.13. The van der Waals surface area contributed by atoms with E-state index in [0.717, 1.165) is 23.2 Å². The van der Waals surface area contributed by atoms with Crippen LogP contribution in [0, 0.1) is 0 Å². The largest absolute Gasteiger partial charge is 0.481 e. The molecule has 0 aliphatic heterocycles. The molecule has 1 aromatic carbocycles. The van der Waals surface area contributed by atoms with Crippen molar-refractivity contribution in [2.75, 3.05) is 0 Å². The van der Waals surface area contributed by atoms with Crippen LogP contribution in [-0.2, 0) is 11.8 Å². The lowest BCUT2D eigenvalue weighted by atomic mass is 10.1. The lowest BCUT2D eigenvalue weighted by Crippen LogP contribution is -1.93. The molecule has 2 heterocycles. The third-order valence-electron chi connectivity index (χ3n) is 4.13. The summed E-state index contributed by atoms with van der Waals surface area (Å²) in [7, 11) is 2.06. The number of rotatable bonds is 6. The summed E-state index contributed by atoms with van der Waals surface area (Å²) < 4.78 is 2.18. The predicted octanol–water partition coefficient (Wildman–Crippen LogP) is 4.93. The van der Waals surface area contributed by atoms with Gasteiger partial charge in [-0.1, -0.05) is 30.4 Å². The van der Waals surface area contributed by atoms with Crippen LogP contribution in [0.15, 0.2) is 54.9 Å². The van der Waals surface area contributed by atoms with E-state index in [1.54, 1.807) is 6.20 Å². The summed E-state index contributed by atoms with van der Waals surface area (Å²) in [5.74, 6) is -0.746. The lowest BCUT2D eigenvalue weighted by Gasteiger charge is -2.05. The highest BCUT2D eigenvalue weighted by atomic mass is 35.5. The minimum Gasteiger partial charge on any atom is -0.481 e. The number of hydrogen-bond acceptors (Lipinski definition) is 2. The molecule has 0 saturated carbocycles. The first-order valence-electron chi connectivity index (χ1n) is 8.04. The van der Waals surface area contributed by atoms with Gasteiger partial charge in [-0.2, -0.15) is 0 Å². The molecule has 0 bridgehead atoms. The number of pyridine rings is 1. The van der Waals surface area contributed by atoms with Crippen LogP contribution >= 0.6 is 12.4 Å². The minimum absolute atomic E-state index is 0. The number of aliphatic carboxylic acids is 1. The van der Waals surface area contributed by atoms with E-state index in [9.17, 15) is 4.79 Å². The molecule has 4 nitrogen and oxygen atoms in total. The molecule has 5 heteroatoms. The number of fused-ring (bicyclic) bond motifs is 1. The molecule has 0 fully saturated rings. The number of halogens is 1. The van der Waals surface area contributed by atoms with E-state index in [2.05, 4.69) is 46.9 Å². The van der Waals surface area contributed by atoms with Gasteiger partial charge in [0, 0.05) is 47.9 Å². The monoisotopic (exact) mass is 356 g/mol. The van der Waals surface area contributed by atoms with Gasteiger partial charge in [0.05, 0.1) is 5.69 Å². The molecule has 0 saturated heterocycles. The van der Waals surface area contributed by atoms with Crippen LogP contribution in [0.1, 0.15) is 24.8 Å². The average Bonchev–Trinajstić information content (AvgIpc) is 2.88. The maximum Gasteiger partial charge on any atom is 0.303 e. The Hall–Kier alpha value is -2.59. The Morgan fingerprint density at radius 3 is 2.76 bits per heavy atom. The first-order valence-corrected chi connectivity index (χ1v) is 8.04. The molecule has 0 atom stereocenters.